The molecule has 0 saturated carbocycles. The molecule has 0 bridgehead atoms. The lowest BCUT2D eigenvalue weighted by molar-refractivity contribution is -0.479. The highest BCUT2D eigenvalue weighted by molar-refractivity contribution is 5.20. The molecule has 0 radical (unpaired) electrons. The summed E-state index contributed by atoms with van der Waals surface area (Å²) in [5.74, 6) is 0. The van der Waals surface area contributed by atoms with Gasteiger partial charge in [0, 0.05) is 11.3 Å². The minimum absolute atomic E-state index is 0.0499. The van der Waals surface area contributed by atoms with Gasteiger partial charge in [0.1, 0.15) is 0 Å². The van der Waals surface area contributed by atoms with Crippen LogP contribution in [-0.4, -0.2) is 11.5 Å². The second kappa shape index (κ2) is 5.41. The number of rotatable bonds is 5. The lowest BCUT2D eigenvalue weighted by Crippen LogP contribution is -2.00. The summed E-state index contributed by atoms with van der Waals surface area (Å²) in [5, 5.41) is 9.94. The molecule has 3 heteroatoms. The highest BCUT2D eigenvalue weighted by Crippen LogP contribution is 2.01. The van der Waals surface area contributed by atoms with E-state index in [1.54, 1.807) is 18.2 Å². The second-order valence-electron chi connectivity index (χ2n) is 1.99. The van der Waals surface area contributed by atoms with Gasteiger partial charge in [0.15, 0.2) is 0 Å². The Hall–Kier alpha value is -1.38. The normalized spacial score (nSPS) is 10.7. The topological polar surface area (TPSA) is 43.1 Å². The maximum atomic E-state index is 9.94. The molecule has 0 heterocycles. The van der Waals surface area contributed by atoms with Crippen LogP contribution >= 0.6 is 0 Å². The third-order valence-corrected chi connectivity index (χ3v) is 1.18. The molecule has 0 atom stereocenters. The molecular weight excluding hydrogens is 142 g/mol. The quantitative estimate of drug-likeness (QED) is 0.344. The van der Waals surface area contributed by atoms with E-state index in [1.165, 1.54) is 0 Å². The summed E-state index contributed by atoms with van der Waals surface area (Å²) >= 11 is 0. The molecule has 3 nitrogen and oxygen atoms in total. The van der Waals surface area contributed by atoms with Crippen molar-refractivity contribution in [3.8, 4) is 0 Å². The van der Waals surface area contributed by atoms with Gasteiger partial charge < -0.3 is 0 Å². The number of allylic oxidation sites excluding steroid dienone is 3. The predicted octanol–water partition coefficient (Wildman–Crippen LogP) is 1.95. The van der Waals surface area contributed by atoms with Gasteiger partial charge in [0.05, 0.1) is 0 Å². The molecule has 0 spiro atoms. The van der Waals surface area contributed by atoms with Crippen LogP contribution in [0.25, 0.3) is 0 Å². The maximum Gasteiger partial charge on any atom is 0.207 e. The molecule has 0 amide bonds. The van der Waals surface area contributed by atoms with Crippen molar-refractivity contribution in [2.75, 3.05) is 6.54 Å². The van der Waals surface area contributed by atoms with Crippen LogP contribution in [0.4, 0.5) is 0 Å². The molecule has 0 N–H and O–H groups in total. The van der Waals surface area contributed by atoms with Crippen LogP contribution in [0.15, 0.2) is 37.0 Å². The Morgan fingerprint density at radius 3 is 2.55 bits per heavy atom. The van der Waals surface area contributed by atoms with Crippen LogP contribution in [0.2, 0.25) is 0 Å². The van der Waals surface area contributed by atoms with Gasteiger partial charge in [-0.1, -0.05) is 31.4 Å². The summed E-state index contributed by atoms with van der Waals surface area (Å²) in [5.41, 5.74) is 0.844. The minimum Gasteiger partial charge on any atom is -0.265 e. The molecule has 0 rings (SSSR count). The first-order valence-electron chi connectivity index (χ1n) is 3.26. The molecule has 0 aromatic rings. The van der Waals surface area contributed by atoms with E-state index in [4.69, 9.17) is 0 Å². The van der Waals surface area contributed by atoms with E-state index >= 15 is 0 Å². The van der Waals surface area contributed by atoms with Gasteiger partial charge in [-0.2, -0.15) is 0 Å². The Kier molecular flexibility index (Phi) is 4.73. The molecule has 0 aliphatic carbocycles. The highest BCUT2D eigenvalue weighted by Gasteiger charge is 1.97. The lowest BCUT2D eigenvalue weighted by Gasteiger charge is -1.94. The summed E-state index contributed by atoms with van der Waals surface area (Å²) in [6.45, 7) is 6.95. The molecule has 11 heavy (non-hydrogen) atoms. The Bertz CT molecular complexity index is 194. The standard InChI is InChI=1S/C8H11NO2/c1-3-5-8(4-2)6-7-9(10)11/h3-5H,1-2,6-7H2/b8-5+. The number of hydrogen-bond acceptors (Lipinski definition) is 2. The molecule has 60 valence electrons. The SMILES string of the molecule is C=C/C=C(\C=C)CC[N+](=O)[O-]. The Labute approximate surface area is 65.9 Å². The van der Waals surface area contributed by atoms with Crippen molar-refractivity contribution in [3.05, 3.63) is 47.1 Å². The van der Waals surface area contributed by atoms with Crippen molar-refractivity contribution >= 4 is 0 Å². The van der Waals surface area contributed by atoms with E-state index in [2.05, 4.69) is 13.2 Å². The summed E-state index contributed by atoms with van der Waals surface area (Å²) in [7, 11) is 0. The summed E-state index contributed by atoms with van der Waals surface area (Å²) in [6, 6.07) is 0. The van der Waals surface area contributed by atoms with Crippen LogP contribution in [0.5, 0.6) is 0 Å². The van der Waals surface area contributed by atoms with Crippen molar-refractivity contribution in [2.24, 2.45) is 0 Å². The van der Waals surface area contributed by atoms with E-state index in [1.807, 2.05) is 0 Å². The number of hydrogen-bond donors (Lipinski definition) is 0. The zero-order valence-electron chi connectivity index (χ0n) is 6.32. The minimum atomic E-state index is -0.347. The first kappa shape index (κ1) is 9.62. The third-order valence-electron chi connectivity index (χ3n) is 1.18. The van der Waals surface area contributed by atoms with Gasteiger partial charge in [0.25, 0.3) is 0 Å². The van der Waals surface area contributed by atoms with E-state index in [0.717, 1.165) is 5.57 Å². The monoisotopic (exact) mass is 153 g/mol. The molecule has 0 aliphatic heterocycles. The fraction of sp³-hybridized carbons (Fsp3) is 0.250. The van der Waals surface area contributed by atoms with Crippen LogP contribution in [0.3, 0.4) is 0 Å². The van der Waals surface area contributed by atoms with Crippen LogP contribution in [0, 0.1) is 10.1 Å². The highest BCUT2D eigenvalue weighted by atomic mass is 16.6. The van der Waals surface area contributed by atoms with E-state index in [-0.39, 0.29) is 11.5 Å². The largest absolute Gasteiger partial charge is 0.265 e. The van der Waals surface area contributed by atoms with Crippen molar-refractivity contribution in [1.82, 2.24) is 0 Å². The van der Waals surface area contributed by atoms with Crippen LogP contribution in [0.1, 0.15) is 6.42 Å². The first-order valence-corrected chi connectivity index (χ1v) is 3.26. The molecule has 0 saturated heterocycles. The molecule has 0 aromatic heterocycles. The molecular formula is C8H11NO2. The maximum absolute atomic E-state index is 9.94. The van der Waals surface area contributed by atoms with E-state index < -0.39 is 0 Å². The van der Waals surface area contributed by atoms with Crippen LogP contribution in [-0.2, 0) is 0 Å². The summed E-state index contributed by atoms with van der Waals surface area (Å²) < 4.78 is 0. The van der Waals surface area contributed by atoms with Gasteiger partial charge in [0.2, 0.25) is 6.54 Å². The predicted molar refractivity (Wildman–Crippen MR) is 45.0 cm³/mol. The third kappa shape index (κ3) is 5.08. The van der Waals surface area contributed by atoms with Gasteiger partial charge in [-0.25, -0.2) is 0 Å². The fourth-order valence-corrected chi connectivity index (χ4v) is 0.625. The van der Waals surface area contributed by atoms with E-state index in [9.17, 15) is 10.1 Å². The Morgan fingerprint density at radius 1 is 1.55 bits per heavy atom. The van der Waals surface area contributed by atoms with Gasteiger partial charge in [-0.3, -0.25) is 10.1 Å². The lowest BCUT2D eigenvalue weighted by atomic mass is 10.2. The Balaban J connectivity index is 3.88. The molecule has 0 fully saturated rings. The zero-order valence-corrected chi connectivity index (χ0v) is 6.32. The first-order chi connectivity index (χ1) is 5.20. The van der Waals surface area contributed by atoms with E-state index in [0.29, 0.717) is 6.42 Å². The van der Waals surface area contributed by atoms with Gasteiger partial charge in [-0.05, 0) is 5.57 Å². The average molecular weight is 153 g/mol. The molecule has 0 aliphatic rings. The van der Waals surface area contributed by atoms with Gasteiger partial charge in [-0.15, -0.1) is 0 Å². The molecule has 0 unspecified atom stereocenters. The number of nitrogens with zero attached hydrogens (tertiary/aromatic N) is 1. The summed E-state index contributed by atoms with van der Waals surface area (Å²) in [4.78, 5) is 9.60. The van der Waals surface area contributed by atoms with Crippen molar-refractivity contribution in [3.63, 3.8) is 0 Å². The van der Waals surface area contributed by atoms with Crippen molar-refractivity contribution in [2.45, 2.75) is 6.42 Å². The zero-order chi connectivity index (χ0) is 8.69. The Morgan fingerprint density at radius 2 is 2.18 bits per heavy atom. The smallest absolute Gasteiger partial charge is 0.207 e. The van der Waals surface area contributed by atoms with Crippen molar-refractivity contribution in [1.29, 1.82) is 0 Å². The van der Waals surface area contributed by atoms with Crippen molar-refractivity contribution < 1.29 is 4.92 Å². The summed E-state index contributed by atoms with van der Waals surface area (Å²) in [6.07, 6.45) is 5.33. The van der Waals surface area contributed by atoms with Crippen LogP contribution < -0.4 is 0 Å². The average Bonchev–Trinajstić information content (AvgIpc) is 1.97. The number of nitro groups is 1. The second-order valence-corrected chi connectivity index (χ2v) is 1.99. The fourth-order valence-electron chi connectivity index (χ4n) is 0.625. The van der Waals surface area contributed by atoms with Gasteiger partial charge >= 0.3 is 0 Å². The molecule has 0 aromatic carbocycles.